The molecule has 0 saturated carbocycles. The molecule has 130 valence electrons. The molecule has 2 heterocycles. The van der Waals surface area contributed by atoms with E-state index in [2.05, 4.69) is 30.4 Å². The van der Waals surface area contributed by atoms with Crippen molar-refractivity contribution in [1.82, 2.24) is 13.8 Å². The Morgan fingerprint density at radius 1 is 1.17 bits per heavy atom. The molecule has 1 saturated heterocycles. The molecule has 3 rings (SSSR count). The molecule has 0 bridgehead atoms. The summed E-state index contributed by atoms with van der Waals surface area (Å²) in [6.45, 7) is 10.7. The summed E-state index contributed by atoms with van der Waals surface area (Å²) in [6.07, 6.45) is 3.09. The number of likely N-dealkylation sites (N-methyl/N-ethyl adjacent to an activating group) is 1. The third-order valence-electron chi connectivity index (χ3n) is 4.79. The first-order valence-electron chi connectivity index (χ1n) is 8.27. The fourth-order valence-corrected chi connectivity index (χ4v) is 4.44. The van der Waals surface area contributed by atoms with Crippen molar-refractivity contribution in [2.75, 3.05) is 39.0 Å². The zero-order valence-electron chi connectivity index (χ0n) is 14.4. The van der Waals surface area contributed by atoms with E-state index < -0.39 is 10.0 Å². The number of fused-ring (bicyclic) bond motifs is 1. The van der Waals surface area contributed by atoms with Gasteiger partial charge in [-0.3, -0.25) is 4.90 Å². The van der Waals surface area contributed by atoms with Gasteiger partial charge in [0.15, 0.2) is 0 Å². The molecule has 5 nitrogen and oxygen atoms in total. The zero-order chi connectivity index (χ0) is 17.3. The molecule has 0 aliphatic carbocycles. The quantitative estimate of drug-likeness (QED) is 0.777. The topological polar surface area (TPSA) is 45.6 Å². The normalized spacial score (nSPS) is 17.4. The predicted molar refractivity (Wildman–Crippen MR) is 98.8 cm³/mol. The Hall–Kier alpha value is -1.63. The molecular weight excluding hydrogens is 322 g/mol. The van der Waals surface area contributed by atoms with E-state index in [0.29, 0.717) is 0 Å². The molecule has 6 heteroatoms. The van der Waals surface area contributed by atoms with Crippen molar-refractivity contribution in [3.8, 4) is 0 Å². The molecule has 1 aromatic heterocycles. The number of aromatic nitrogens is 1. The molecule has 0 N–H and O–H groups in total. The summed E-state index contributed by atoms with van der Waals surface area (Å²) in [5.74, 6) is -0.0571. The van der Waals surface area contributed by atoms with Crippen molar-refractivity contribution in [1.29, 1.82) is 0 Å². The highest BCUT2D eigenvalue weighted by Gasteiger charge is 2.19. The first-order chi connectivity index (χ1) is 11.4. The van der Waals surface area contributed by atoms with Crippen molar-refractivity contribution in [2.45, 2.75) is 13.5 Å². The summed E-state index contributed by atoms with van der Waals surface area (Å²) < 4.78 is 26.2. The van der Waals surface area contributed by atoms with Crippen LogP contribution in [0.1, 0.15) is 11.1 Å². The second-order valence-electron chi connectivity index (χ2n) is 6.55. The van der Waals surface area contributed by atoms with Gasteiger partial charge < -0.3 is 4.90 Å². The Kier molecular flexibility index (Phi) is 4.80. The van der Waals surface area contributed by atoms with Crippen LogP contribution in [0.3, 0.4) is 0 Å². The lowest BCUT2D eigenvalue weighted by Gasteiger charge is -2.32. The van der Waals surface area contributed by atoms with Gasteiger partial charge in [-0.1, -0.05) is 12.1 Å². The summed E-state index contributed by atoms with van der Waals surface area (Å²) >= 11 is 0. The summed E-state index contributed by atoms with van der Waals surface area (Å²) in [5.41, 5.74) is 3.19. The Morgan fingerprint density at radius 3 is 2.54 bits per heavy atom. The van der Waals surface area contributed by atoms with Crippen LogP contribution < -0.4 is 0 Å². The average molecular weight is 347 g/mol. The minimum Gasteiger partial charge on any atom is -0.304 e. The first kappa shape index (κ1) is 17.2. The van der Waals surface area contributed by atoms with Gasteiger partial charge in [0, 0.05) is 44.3 Å². The van der Waals surface area contributed by atoms with Gasteiger partial charge in [0.1, 0.15) is 0 Å². The smallest absolute Gasteiger partial charge is 0.242 e. The van der Waals surface area contributed by atoms with E-state index in [1.807, 2.05) is 18.2 Å². The number of hydrogen-bond donors (Lipinski definition) is 0. The van der Waals surface area contributed by atoms with Gasteiger partial charge in [0.05, 0.1) is 11.3 Å². The van der Waals surface area contributed by atoms with Crippen molar-refractivity contribution in [3.63, 3.8) is 0 Å². The third-order valence-corrected chi connectivity index (χ3v) is 6.36. The number of hydrogen-bond acceptors (Lipinski definition) is 4. The monoisotopic (exact) mass is 347 g/mol. The van der Waals surface area contributed by atoms with Crippen LogP contribution in [-0.2, 0) is 16.6 Å². The van der Waals surface area contributed by atoms with E-state index in [1.54, 1.807) is 6.20 Å². The van der Waals surface area contributed by atoms with E-state index in [9.17, 15) is 8.42 Å². The molecule has 2 aromatic rings. The van der Waals surface area contributed by atoms with Gasteiger partial charge >= 0.3 is 0 Å². The van der Waals surface area contributed by atoms with Gasteiger partial charge in [0.25, 0.3) is 0 Å². The van der Waals surface area contributed by atoms with Crippen LogP contribution in [0, 0.1) is 6.92 Å². The third kappa shape index (κ3) is 3.27. The van der Waals surface area contributed by atoms with E-state index in [4.69, 9.17) is 0 Å². The molecule has 0 spiro atoms. The zero-order valence-corrected chi connectivity index (χ0v) is 15.2. The van der Waals surface area contributed by atoms with Crippen LogP contribution in [0.4, 0.5) is 0 Å². The average Bonchev–Trinajstić information content (AvgIpc) is 2.97. The first-order valence-corrected chi connectivity index (χ1v) is 9.88. The van der Waals surface area contributed by atoms with Crippen LogP contribution in [0.2, 0.25) is 0 Å². The van der Waals surface area contributed by atoms with Gasteiger partial charge in [-0.15, -0.1) is 6.58 Å². The lowest BCUT2D eigenvalue weighted by Crippen LogP contribution is -2.44. The molecular formula is C18H25N3O2S. The predicted octanol–water partition coefficient (Wildman–Crippen LogP) is 2.06. The van der Waals surface area contributed by atoms with Crippen LogP contribution in [-0.4, -0.2) is 61.2 Å². The van der Waals surface area contributed by atoms with Gasteiger partial charge in [-0.2, -0.15) is 0 Å². The molecule has 0 radical (unpaired) electrons. The minimum atomic E-state index is -3.39. The molecule has 1 aliphatic rings. The maximum atomic E-state index is 12.4. The van der Waals surface area contributed by atoms with Crippen LogP contribution in [0.25, 0.3) is 10.9 Å². The maximum Gasteiger partial charge on any atom is 0.242 e. The molecule has 0 amide bonds. The second kappa shape index (κ2) is 6.70. The van der Waals surface area contributed by atoms with E-state index in [0.717, 1.165) is 43.6 Å². The SMILES string of the molecule is C=CCS(=O)(=O)n1ccc2c(CN3CCN(C)CC3)c(C)ccc21. The molecule has 1 aliphatic heterocycles. The highest BCUT2D eigenvalue weighted by molar-refractivity contribution is 7.90. The Morgan fingerprint density at radius 2 is 1.88 bits per heavy atom. The molecule has 0 atom stereocenters. The number of rotatable bonds is 5. The molecule has 1 aromatic carbocycles. The number of benzene rings is 1. The van der Waals surface area contributed by atoms with E-state index in [-0.39, 0.29) is 5.75 Å². The highest BCUT2D eigenvalue weighted by Crippen LogP contribution is 2.26. The van der Waals surface area contributed by atoms with Gasteiger partial charge in [-0.25, -0.2) is 12.4 Å². The molecule has 0 unspecified atom stereocenters. The summed E-state index contributed by atoms with van der Waals surface area (Å²) in [5, 5.41) is 1.03. The van der Waals surface area contributed by atoms with Crippen LogP contribution in [0.5, 0.6) is 0 Å². The van der Waals surface area contributed by atoms with E-state index in [1.165, 1.54) is 21.2 Å². The summed E-state index contributed by atoms with van der Waals surface area (Å²) in [4.78, 5) is 4.78. The maximum absolute atomic E-state index is 12.4. The van der Waals surface area contributed by atoms with Crippen LogP contribution >= 0.6 is 0 Å². The number of aryl methyl sites for hydroxylation is 1. The Balaban J connectivity index is 1.98. The molecule has 1 fully saturated rings. The van der Waals surface area contributed by atoms with Crippen molar-refractivity contribution in [2.24, 2.45) is 0 Å². The van der Waals surface area contributed by atoms with E-state index >= 15 is 0 Å². The van der Waals surface area contributed by atoms with Crippen LogP contribution in [0.15, 0.2) is 37.1 Å². The Labute approximate surface area is 144 Å². The fraction of sp³-hybridized carbons (Fsp3) is 0.444. The lowest BCUT2D eigenvalue weighted by atomic mass is 10.0. The second-order valence-corrected chi connectivity index (χ2v) is 8.44. The van der Waals surface area contributed by atoms with Crippen molar-refractivity contribution in [3.05, 3.63) is 48.2 Å². The van der Waals surface area contributed by atoms with Gasteiger partial charge in [0.2, 0.25) is 10.0 Å². The van der Waals surface area contributed by atoms with Gasteiger partial charge in [-0.05, 0) is 37.2 Å². The lowest BCUT2D eigenvalue weighted by molar-refractivity contribution is 0.148. The Bertz CT molecular complexity index is 847. The number of piperazine rings is 1. The fourth-order valence-electron chi connectivity index (χ4n) is 3.27. The summed E-state index contributed by atoms with van der Waals surface area (Å²) in [6, 6.07) is 5.85. The minimum absolute atomic E-state index is 0.0571. The highest BCUT2D eigenvalue weighted by atomic mass is 32.2. The van der Waals surface area contributed by atoms with Crippen molar-refractivity contribution < 1.29 is 8.42 Å². The molecule has 24 heavy (non-hydrogen) atoms. The standard InChI is InChI=1S/C18H25N3O2S/c1-4-13-24(22,23)21-8-7-16-17(15(2)5-6-18(16)21)14-20-11-9-19(3)10-12-20/h4-8H,1,9-14H2,2-3H3. The number of nitrogens with zero attached hydrogens (tertiary/aromatic N) is 3. The summed E-state index contributed by atoms with van der Waals surface area (Å²) in [7, 11) is -1.24. The largest absolute Gasteiger partial charge is 0.304 e. The van der Waals surface area contributed by atoms with Crippen molar-refractivity contribution >= 4 is 20.9 Å².